The number of anilines is 1. The van der Waals surface area contributed by atoms with Crippen molar-refractivity contribution in [1.29, 1.82) is 0 Å². The van der Waals surface area contributed by atoms with E-state index in [1.54, 1.807) is 24.3 Å². The Balaban J connectivity index is 2.39. The molecule has 120 valence electrons. The summed E-state index contributed by atoms with van der Waals surface area (Å²) in [6.45, 7) is 1.89. The van der Waals surface area contributed by atoms with Crippen LogP contribution in [0.4, 0.5) is 5.82 Å². The molecule has 2 aromatic rings. The molecule has 0 saturated carbocycles. The van der Waals surface area contributed by atoms with Crippen molar-refractivity contribution in [1.82, 2.24) is 14.9 Å². The summed E-state index contributed by atoms with van der Waals surface area (Å²) >= 11 is 0. The van der Waals surface area contributed by atoms with Crippen molar-refractivity contribution in [2.75, 3.05) is 26.9 Å². The van der Waals surface area contributed by atoms with Gasteiger partial charge in [0.2, 0.25) is 0 Å². The highest BCUT2D eigenvalue weighted by Gasteiger charge is 2.09. The van der Waals surface area contributed by atoms with Crippen LogP contribution >= 0.6 is 0 Å². The summed E-state index contributed by atoms with van der Waals surface area (Å²) in [7, 11) is 5.27. The molecule has 0 amide bonds. The first-order valence-electron chi connectivity index (χ1n) is 7.09. The van der Waals surface area contributed by atoms with Gasteiger partial charge in [0.25, 0.3) is 0 Å². The van der Waals surface area contributed by atoms with E-state index in [-0.39, 0.29) is 11.8 Å². The average molecular weight is 312 g/mol. The first-order chi connectivity index (χ1) is 10.9. The molecule has 0 atom stereocenters. The standard InChI is InChI=1S/C17H20N4O2/c1-11(21(2)3)8-15(22)13-7-5-6-12(9-13)14-10-16(18)20-17(19-14)23-4/h5-10H,1-4H3,(H2,18,19,20)/b11-8+. The zero-order valence-corrected chi connectivity index (χ0v) is 13.7. The molecule has 2 N–H and O–H groups in total. The summed E-state index contributed by atoms with van der Waals surface area (Å²) in [5.41, 5.74) is 8.61. The van der Waals surface area contributed by atoms with Gasteiger partial charge in [-0.2, -0.15) is 9.97 Å². The SMILES string of the molecule is COc1nc(N)cc(-c2cccc(C(=O)/C=C(\C)N(C)C)c2)n1. The minimum Gasteiger partial charge on any atom is -0.467 e. The van der Waals surface area contributed by atoms with Crippen molar-refractivity contribution in [3.63, 3.8) is 0 Å². The quantitative estimate of drug-likeness (QED) is 0.674. The predicted octanol–water partition coefficient (Wildman–Crippen LogP) is 2.38. The molecule has 6 nitrogen and oxygen atoms in total. The second-order valence-electron chi connectivity index (χ2n) is 5.29. The Morgan fingerprint density at radius 1 is 1.26 bits per heavy atom. The molecular weight excluding hydrogens is 292 g/mol. The van der Waals surface area contributed by atoms with Crippen molar-refractivity contribution in [2.45, 2.75) is 6.92 Å². The number of ether oxygens (including phenoxy) is 1. The van der Waals surface area contributed by atoms with Gasteiger partial charge in [0, 0.05) is 43.1 Å². The van der Waals surface area contributed by atoms with Crippen LogP contribution in [0.1, 0.15) is 17.3 Å². The van der Waals surface area contributed by atoms with Crippen molar-refractivity contribution in [3.05, 3.63) is 47.7 Å². The van der Waals surface area contributed by atoms with E-state index in [1.807, 2.05) is 38.1 Å². The van der Waals surface area contributed by atoms with Crippen molar-refractivity contribution < 1.29 is 9.53 Å². The Hall–Kier alpha value is -2.89. The van der Waals surface area contributed by atoms with Gasteiger partial charge in [-0.25, -0.2) is 0 Å². The maximum Gasteiger partial charge on any atom is 0.318 e. The van der Waals surface area contributed by atoms with Crippen LogP contribution in [0.25, 0.3) is 11.3 Å². The van der Waals surface area contributed by atoms with Gasteiger partial charge in [-0.05, 0) is 13.0 Å². The number of ketones is 1. The molecule has 1 aromatic carbocycles. The molecular formula is C17H20N4O2. The van der Waals surface area contributed by atoms with Crippen LogP contribution in [0, 0.1) is 0 Å². The maximum absolute atomic E-state index is 12.3. The molecule has 0 unspecified atom stereocenters. The highest BCUT2D eigenvalue weighted by atomic mass is 16.5. The van der Waals surface area contributed by atoms with Crippen LogP contribution in [-0.4, -0.2) is 41.9 Å². The average Bonchev–Trinajstić information content (AvgIpc) is 2.54. The number of rotatable bonds is 5. The van der Waals surface area contributed by atoms with E-state index in [0.29, 0.717) is 17.1 Å². The summed E-state index contributed by atoms with van der Waals surface area (Å²) in [6, 6.07) is 9.07. The number of carbonyl (C=O) groups is 1. The number of nitrogen functional groups attached to an aromatic ring is 1. The molecule has 23 heavy (non-hydrogen) atoms. The monoisotopic (exact) mass is 312 g/mol. The van der Waals surface area contributed by atoms with Crippen molar-refractivity contribution >= 4 is 11.6 Å². The fourth-order valence-electron chi connectivity index (χ4n) is 1.92. The van der Waals surface area contributed by atoms with Crippen molar-refractivity contribution in [2.24, 2.45) is 0 Å². The number of carbonyl (C=O) groups excluding carboxylic acids is 1. The third kappa shape index (κ3) is 4.06. The second-order valence-corrected chi connectivity index (χ2v) is 5.29. The van der Waals surface area contributed by atoms with Gasteiger partial charge in [-0.3, -0.25) is 4.79 Å². The number of nitrogens with two attached hydrogens (primary N) is 1. The third-order valence-corrected chi connectivity index (χ3v) is 3.40. The Bertz CT molecular complexity index is 754. The van der Waals surface area contributed by atoms with Gasteiger partial charge < -0.3 is 15.4 Å². The van der Waals surface area contributed by atoms with Gasteiger partial charge in [-0.15, -0.1) is 0 Å². The van der Waals surface area contributed by atoms with Gasteiger partial charge in [0.15, 0.2) is 5.78 Å². The Kier molecular flexibility index (Phi) is 4.95. The summed E-state index contributed by atoms with van der Waals surface area (Å²) < 4.78 is 5.03. The number of allylic oxidation sites excluding steroid dienone is 2. The predicted molar refractivity (Wildman–Crippen MR) is 90.2 cm³/mol. The van der Waals surface area contributed by atoms with Crippen LogP contribution in [0.5, 0.6) is 6.01 Å². The molecule has 0 fully saturated rings. The van der Waals surface area contributed by atoms with E-state index in [1.165, 1.54) is 7.11 Å². The maximum atomic E-state index is 12.3. The number of aromatic nitrogens is 2. The number of methoxy groups -OCH3 is 1. The smallest absolute Gasteiger partial charge is 0.318 e. The molecule has 0 aliphatic rings. The lowest BCUT2D eigenvalue weighted by Crippen LogP contribution is -2.10. The van der Waals surface area contributed by atoms with Gasteiger partial charge in [-0.1, -0.05) is 18.2 Å². The van der Waals surface area contributed by atoms with Crippen LogP contribution in [0.2, 0.25) is 0 Å². The van der Waals surface area contributed by atoms with E-state index < -0.39 is 0 Å². The molecule has 1 aromatic heterocycles. The first kappa shape index (κ1) is 16.5. The molecule has 0 saturated heterocycles. The number of nitrogens with zero attached hydrogens (tertiary/aromatic N) is 3. The second kappa shape index (κ2) is 6.91. The van der Waals surface area contributed by atoms with Crippen LogP contribution < -0.4 is 10.5 Å². The minimum absolute atomic E-state index is 0.0629. The zero-order valence-electron chi connectivity index (χ0n) is 13.7. The summed E-state index contributed by atoms with van der Waals surface area (Å²) in [6.07, 6.45) is 1.61. The third-order valence-electron chi connectivity index (χ3n) is 3.40. The van der Waals surface area contributed by atoms with E-state index in [2.05, 4.69) is 9.97 Å². The molecule has 0 spiro atoms. The zero-order chi connectivity index (χ0) is 17.0. The normalized spacial score (nSPS) is 11.2. The van der Waals surface area contributed by atoms with Crippen LogP contribution in [-0.2, 0) is 0 Å². The molecule has 2 rings (SSSR count). The molecule has 6 heteroatoms. The molecule has 0 radical (unpaired) electrons. The number of hydrogen-bond donors (Lipinski definition) is 1. The molecule has 0 aliphatic heterocycles. The fraction of sp³-hybridized carbons (Fsp3) is 0.235. The summed E-state index contributed by atoms with van der Waals surface area (Å²) in [5.74, 6) is 0.249. The Morgan fingerprint density at radius 2 is 2.00 bits per heavy atom. The molecule has 0 bridgehead atoms. The van der Waals surface area contributed by atoms with Crippen molar-refractivity contribution in [3.8, 4) is 17.3 Å². The summed E-state index contributed by atoms with van der Waals surface area (Å²) in [4.78, 5) is 22.5. The lowest BCUT2D eigenvalue weighted by molar-refractivity contribution is 0.104. The highest BCUT2D eigenvalue weighted by Crippen LogP contribution is 2.22. The lowest BCUT2D eigenvalue weighted by atomic mass is 10.0. The van der Waals surface area contributed by atoms with Crippen LogP contribution in [0.3, 0.4) is 0 Å². The lowest BCUT2D eigenvalue weighted by Gasteiger charge is -2.12. The van der Waals surface area contributed by atoms with E-state index >= 15 is 0 Å². The largest absolute Gasteiger partial charge is 0.467 e. The Morgan fingerprint density at radius 3 is 2.65 bits per heavy atom. The van der Waals surface area contributed by atoms with Gasteiger partial charge in [0.05, 0.1) is 12.8 Å². The Labute approximate surface area is 135 Å². The topological polar surface area (TPSA) is 81.3 Å². The number of hydrogen-bond acceptors (Lipinski definition) is 6. The first-order valence-corrected chi connectivity index (χ1v) is 7.09. The molecule has 1 heterocycles. The van der Waals surface area contributed by atoms with E-state index in [9.17, 15) is 4.79 Å². The summed E-state index contributed by atoms with van der Waals surface area (Å²) in [5, 5.41) is 0. The van der Waals surface area contributed by atoms with E-state index in [0.717, 1.165) is 11.3 Å². The van der Waals surface area contributed by atoms with Gasteiger partial charge >= 0.3 is 6.01 Å². The minimum atomic E-state index is -0.0629. The molecule has 0 aliphatic carbocycles. The number of benzene rings is 1. The van der Waals surface area contributed by atoms with E-state index in [4.69, 9.17) is 10.5 Å². The van der Waals surface area contributed by atoms with Gasteiger partial charge in [0.1, 0.15) is 5.82 Å². The highest BCUT2D eigenvalue weighted by molar-refractivity contribution is 6.05. The fourth-order valence-corrected chi connectivity index (χ4v) is 1.92. The van der Waals surface area contributed by atoms with Crippen LogP contribution in [0.15, 0.2) is 42.1 Å².